The van der Waals surface area contributed by atoms with E-state index in [1.165, 1.54) is 0 Å². The van der Waals surface area contributed by atoms with E-state index in [1.54, 1.807) is 0 Å². The molecule has 1 atom stereocenters. The minimum Gasteiger partial charge on any atom is -0.309 e. The molecule has 0 heterocycles. The van der Waals surface area contributed by atoms with Gasteiger partial charge >= 0.3 is 0 Å². The molecule has 0 fully saturated rings. The highest BCUT2D eigenvalue weighted by Gasteiger charge is 2.10. The summed E-state index contributed by atoms with van der Waals surface area (Å²) in [5.41, 5.74) is 1.92. The maximum absolute atomic E-state index is 7.86. The van der Waals surface area contributed by atoms with Gasteiger partial charge in [-0.1, -0.05) is 44.0 Å². The lowest BCUT2D eigenvalue weighted by Gasteiger charge is -2.12. The van der Waals surface area contributed by atoms with Crippen LogP contribution in [0.2, 0.25) is 5.02 Å². The van der Waals surface area contributed by atoms with Crippen molar-refractivity contribution in [1.82, 2.24) is 0 Å². The van der Waals surface area contributed by atoms with E-state index in [0.717, 1.165) is 29.1 Å². The lowest BCUT2D eigenvalue weighted by Crippen LogP contribution is -2.07. The first-order chi connectivity index (χ1) is 6.65. The maximum atomic E-state index is 7.86. The molecule has 0 aliphatic rings. The molecule has 14 heavy (non-hydrogen) atoms. The van der Waals surface area contributed by atoms with Gasteiger partial charge in [-0.15, -0.1) is 0 Å². The summed E-state index contributed by atoms with van der Waals surface area (Å²) in [6.07, 6.45) is 1.90. The van der Waals surface area contributed by atoms with E-state index in [9.17, 15) is 0 Å². The Balaban J connectivity index is 2.78. The Morgan fingerprint density at radius 2 is 2.21 bits per heavy atom. The standard InChI is InChI=1S/C12H16ClN/c1-3-5-12(14)9(2)10-6-4-7-11(13)8-10/h4,6-9,14H,3,5H2,1-2H3. The fraction of sp³-hybridized carbons (Fsp3) is 0.417. The van der Waals surface area contributed by atoms with Crippen LogP contribution < -0.4 is 0 Å². The molecule has 0 saturated carbocycles. The van der Waals surface area contributed by atoms with Gasteiger partial charge in [0.1, 0.15) is 0 Å². The summed E-state index contributed by atoms with van der Waals surface area (Å²) in [5, 5.41) is 8.61. The normalized spacial score (nSPS) is 12.5. The zero-order valence-electron chi connectivity index (χ0n) is 8.68. The molecule has 1 aromatic carbocycles. The molecule has 76 valence electrons. The zero-order chi connectivity index (χ0) is 10.6. The van der Waals surface area contributed by atoms with Gasteiger partial charge in [0.2, 0.25) is 0 Å². The molecule has 0 aliphatic carbocycles. The van der Waals surface area contributed by atoms with Gasteiger partial charge in [0.05, 0.1) is 0 Å². The van der Waals surface area contributed by atoms with Gasteiger partial charge in [0.25, 0.3) is 0 Å². The molecule has 1 rings (SSSR count). The van der Waals surface area contributed by atoms with Crippen LogP contribution in [0, 0.1) is 5.41 Å². The Morgan fingerprint density at radius 3 is 2.79 bits per heavy atom. The summed E-state index contributed by atoms with van der Waals surface area (Å²) < 4.78 is 0. The highest BCUT2D eigenvalue weighted by atomic mass is 35.5. The molecule has 0 aromatic heterocycles. The van der Waals surface area contributed by atoms with E-state index in [1.807, 2.05) is 24.3 Å². The molecule has 0 spiro atoms. The number of hydrogen-bond acceptors (Lipinski definition) is 1. The van der Waals surface area contributed by atoms with Gasteiger partial charge < -0.3 is 5.41 Å². The minimum absolute atomic E-state index is 0.189. The van der Waals surface area contributed by atoms with Crippen LogP contribution in [0.5, 0.6) is 0 Å². The molecule has 0 radical (unpaired) electrons. The van der Waals surface area contributed by atoms with Crippen LogP contribution >= 0.6 is 11.6 Å². The van der Waals surface area contributed by atoms with Gasteiger partial charge in [0.15, 0.2) is 0 Å². The van der Waals surface area contributed by atoms with Crippen molar-refractivity contribution in [3.8, 4) is 0 Å². The van der Waals surface area contributed by atoms with Crippen molar-refractivity contribution >= 4 is 17.3 Å². The number of benzene rings is 1. The molecule has 2 heteroatoms. The van der Waals surface area contributed by atoms with Crippen molar-refractivity contribution in [3.63, 3.8) is 0 Å². The minimum atomic E-state index is 0.189. The summed E-state index contributed by atoms with van der Waals surface area (Å²) in [6, 6.07) is 7.77. The monoisotopic (exact) mass is 209 g/mol. The predicted octanol–water partition coefficient (Wildman–Crippen LogP) is 4.26. The highest BCUT2D eigenvalue weighted by Crippen LogP contribution is 2.21. The van der Waals surface area contributed by atoms with Crippen LogP contribution in [0.15, 0.2) is 24.3 Å². The Hall–Kier alpha value is -0.820. The summed E-state index contributed by atoms with van der Waals surface area (Å²) in [5.74, 6) is 0.189. The molecule has 0 amide bonds. The van der Waals surface area contributed by atoms with Crippen molar-refractivity contribution in [3.05, 3.63) is 34.9 Å². The van der Waals surface area contributed by atoms with Crippen LogP contribution in [0.25, 0.3) is 0 Å². The summed E-state index contributed by atoms with van der Waals surface area (Å²) in [4.78, 5) is 0. The van der Waals surface area contributed by atoms with Gasteiger partial charge in [-0.05, 0) is 24.1 Å². The van der Waals surface area contributed by atoms with Crippen LogP contribution in [0.1, 0.15) is 38.2 Å². The lowest BCUT2D eigenvalue weighted by atomic mass is 9.94. The van der Waals surface area contributed by atoms with E-state index in [2.05, 4.69) is 13.8 Å². The number of hydrogen-bond donors (Lipinski definition) is 1. The molecule has 0 aliphatic heterocycles. The predicted molar refractivity (Wildman–Crippen MR) is 62.5 cm³/mol. The van der Waals surface area contributed by atoms with Crippen LogP contribution in [0.3, 0.4) is 0 Å². The fourth-order valence-corrected chi connectivity index (χ4v) is 1.66. The second kappa shape index (κ2) is 5.16. The maximum Gasteiger partial charge on any atom is 0.0408 e. The topological polar surface area (TPSA) is 23.9 Å². The SMILES string of the molecule is CCCC(=N)C(C)c1cccc(Cl)c1. The third-order valence-electron chi connectivity index (χ3n) is 2.39. The summed E-state index contributed by atoms with van der Waals surface area (Å²) >= 11 is 5.90. The van der Waals surface area contributed by atoms with E-state index in [-0.39, 0.29) is 5.92 Å². The molecule has 1 unspecified atom stereocenters. The Bertz CT molecular complexity index is 320. The third-order valence-corrected chi connectivity index (χ3v) is 2.63. The van der Waals surface area contributed by atoms with E-state index >= 15 is 0 Å². The largest absolute Gasteiger partial charge is 0.309 e. The third kappa shape index (κ3) is 2.85. The van der Waals surface area contributed by atoms with Crippen LogP contribution in [-0.4, -0.2) is 5.71 Å². The molecule has 0 saturated heterocycles. The number of nitrogens with one attached hydrogen (secondary N) is 1. The molecule has 1 N–H and O–H groups in total. The first kappa shape index (κ1) is 11.3. The molecular weight excluding hydrogens is 194 g/mol. The zero-order valence-corrected chi connectivity index (χ0v) is 9.43. The average Bonchev–Trinajstić information content (AvgIpc) is 2.17. The fourth-order valence-electron chi connectivity index (χ4n) is 1.46. The lowest BCUT2D eigenvalue weighted by molar-refractivity contribution is 0.900. The highest BCUT2D eigenvalue weighted by molar-refractivity contribution is 6.30. The molecule has 1 nitrogen and oxygen atoms in total. The smallest absolute Gasteiger partial charge is 0.0408 e. The van der Waals surface area contributed by atoms with Gasteiger partial charge in [0, 0.05) is 16.7 Å². The quantitative estimate of drug-likeness (QED) is 0.717. The van der Waals surface area contributed by atoms with Crippen molar-refractivity contribution in [2.24, 2.45) is 0 Å². The van der Waals surface area contributed by atoms with E-state index in [4.69, 9.17) is 17.0 Å². The van der Waals surface area contributed by atoms with Gasteiger partial charge in [-0.25, -0.2) is 0 Å². The molecule has 1 aromatic rings. The second-order valence-corrected chi connectivity index (χ2v) is 3.99. The Morgan fingerprint density at radius 1 is 1.50 bits per heavy atom. The number of halogens is 1. The molecule has 0 bridgehead atoms. The summed E-state index contributed by atoms with van der Waals surface area (Å²) in [7, 11) is 0. The van der Waals surface area contributed by atoms with Gasteiger partial charge in [-0.2, -0.15) is 0 Å². The number of rotatable bonds is 4. The summed E-state index contributed by atoms with van der Waals surface area (Å²) in [6.45, 7) is 4.16. The van der Waals surface area contributed by atoms with Crippen LogP contribution in [-0.2, 0) is 0 Å². The molecular formula is C12H16ClN. The first-order valence-corrected chi connectivity index (χ1v) is 5.35. The first-order valence-electron chi connectivity index (χ1n) is 4.98. The van der Waals surface area contributed by atoms with Crippen molar-refractivity contribution in [2.75, 3.05) is 0 Å². The Kier molecular flexibility index (Phi) is 4.15. The average molecular weight is 210 g/mol. The van der Waals surface area contributed by atoms with Crippen molar-refractivity contribution in [2.45, 2.75) is 32.6 Å². The van der Waals surface area contributed by atoms with E-state index < -0.39 is 0 Å². The van der Waals surface area contributed by atoms with E-state index in [0.29, 0.717) is 0 Å². The van der Waals surface area contributed by atoms with Gasteiger partial charge in [-0.3, -0.25) is 0 Å². The Labute approximate surface area is 90.6 Å². The second-order valence-electron chi connectivity index (χ2n) is 3.55. The van der Waals surface area contributed by atoms with Crippen LogP contribution in [0.4, 0.5) is 0 Å². The van der Waals surface area contributed by atoms with Crippen molar-refractivity contribution in [1.29, 1.82) is 5.41 Å². The van der Waals surface area contributed by atoms with Crippen molar-refractivity contribution < 1.29 is 0 Å².